The van der Waals surface area contributed by atoms with Crippen LogP contribution in [0.1, 0.15) is 51.9 Å². The highest BCUT2D eigenvalue weighted by atomic mass is 79.9. The van der Waals surface area contributed by atoms with E-state index in [1.165, 1.54) is 19.3 Å². The predicted octanol–water partition coefficient (Wildman–Crippen LogP) is 3.22. The first-order valence-electron chi connectivity index (χ1n) is 6.58. The van der Waals surface area contributed by atoms with Crippen LogP contribution in [0.2, 0.25) is 0 Å². The average Bonchev–Trinajstić information content (AvgIpc) is 2.35. The van der Waals surface area contributed by atoms with Crippen LogP contribution in [-0.4, -0.2) is 30.5 Å². The monoisotopic (exact) mass is 322 g/mol. The predicted molar refractivity (Wildman–Crippen MR) is 73.7 cm³/mol. The number of hydrogen-bond acceptors (Lipinski definition) is 4. The third kappa shape index (κ3) is 11.9. The number of carbonyl (C=O) groups excluding carboxylic acids is 2. The molecule has 0 aliphatic rings. The van der Waals surface area contributed by atoms with E-state index in [0.29, 0.717) is 13.2 Å². The highest BCUT2D eigenvalue weighted by Crippen LogP contribution is 2.05. The summed E-state index contributed by atoms with van der Waals surface area (Å²) in [7, 11) is 0. The Kier molecular flexibility index (Phi) is 12.5. The van der Waals surface area contributed by atoms with Crippen molar-refractivity contribution in [3.05, 3.63) is 0 Å². The summed E-state index contributed by atoms with van der Waals surface area (Å²) in [6.07, 6.45) is 5.78. The SMILES string of the molecule is CCOC(=O)CCC(=O)OCCCCCCCBr. The van der Waals surface area contributed by atoms with Gasteiger partial charge in [-0.1, -0.05) is 35.2 Å². The van der Waals surface area contributed by atoms with Crippen molar-refractivity contribution in [1.82, 2.24) is 0 Å². The lowest BCUT2D eigenvalue weighted by molar-refractivity contribution is -0.150. The van der Waals surface area contributed by atoms with Crippen LogP contribution in [0.4, 0.5) is 0 Å². The van der Waals surface area contributed by atoms with Crippen molar-refractivity contribution in [3.63, 3.8) is 0 Å². The Morgan fingerprint density at radius 3 is 2.06 bits per heavy atom. The Morgan fingerprint density at radius 2 is 1.44 bits per heavy atom. The van der Waals surface area contributed by atoms with Crippen LogP contribution in [0, 0.1) is 0 Å². The molecule has 0 atom stereocenters. The fourth-order valence-electron chi connectivity index (χ4n) is 1.42. The van der Waals surface area contributed by atoms with E-state index in [2.05, 4.69) is 15.9 Å². The van der Waals surface area contributed by atoms with Gasteiger partial charge in [0.25, 0.3) is 0 Å². The van der Waals surface area contributed by atoms with Gasteiger partial charge in [0.1, 0.15) is 0 Å². The van der Waals surface area contributed by atoms with Crippen molar-refractivity contribution in [2.75, 3.05) is 18.5 Å². The molecule has 0 amide bonds. The van der Waals surface area contributed by atoms with Crippen LogP contribution < -0.4 is 0 Å². The standard InChI is InChI=1S/C13H23BrO4/c1-2-17-12(15)8-9-13(16)18-11-7-5-3-4-6-10-14/h2-11H2,1H3. The van der Waals surface area contributed by atoms with Crippen LogP contribution in [-0.2, 0) is 19.1 Å². The van der Waals surface area contributed by atoms with Crippen LogP contribution in [0.3, 0.4) is 0 Å². The molecule has 0 N–H and O–H groups in total. The molecule has 0 saturated carbocycles. The zero-order valence-electron chi connectivity index (χ0n) is 11.1. The quantitative estimate of drug-likeness (QED) is 0.333. The molecule has 0 aromatic carbocycles. The lowest BCUT2D eigenvalue weighted by atomic mass is 10.2. The summed E-state index contributed by atoms with van der Waals surface area (Å²) in [5.74, 6) is -0.660. The molecular weight excluding hydrogens is 300 g/mol. The second-order valence-corrected chi connectivity index (χ2v) is 4.78. The Balaban J connectivity index is 3.29. The molecule has 0 aliphatic heterocycles. The normalized spacial score (nSPS) is 10.1. The third-order valence-corrected chi connectivity index (χ3v) is 2.94. The summed E-state index contributed by atoms with van der Waals surface area (Å²) in [5, 5.41) is 1.05. The zero-order valence-corrected chi connectivity index (χ0v) is 12.7. The smallest absolute Gasteiger partial charge is 0.306 e. The van der Waals surface area contributed by atoms with E-state index in [-0.39, 0.29) is 24.8 Å². The molecule has 0 aromatic heterocycles. The molecule has 106 valence electrons. The van der Waals surface area contributed by atoms with Crippen LogP contribution in [0.25, 0.3) is 0 Å². The minimum Gasteiger partial charge on any atom is -0.466 e. The number of ether oxygens (including phenoxy) is 2. The van der Waals surface area contributed by atoms with Gasteiger partial charge in [0, 0.05) is 5.33 Å². The molecule has 0 unspecified atom stereocenters. The second kappa shape index (κ2) is 12.9. The molecule has 0 bridgehead atoms. The molecule has 0 saturated heterocycles. The molecule has 0 fully saturated rings. The van der Waals surface area contributed by atoms with E-state index >= 15 is 0 Å². The Morgan fingerprint density at radius 1 is 0.889 bits per heavy atom. The van der Waals surface area contributed by atoms with Gasteiger partial charge in [-0.3, -0.25) is 9.59 Å². The van der Waals surface area contributed by atoms with Gasteiger partial charge in [-0.25, -0.2) is 0 Å². The Labute approximate surface area is 118 Å². The summed E-state index contributed by atoms with van der Waals surface area (Å²) in [6, 6.07) is 0. The van der Waals surface area contributed by atoms with Gasteiger partial charge < -0.3 is 9.47 Å². The van der Waals surface area contributed by atoms with E-state index in [1.807, 2.05) is 0 Å². The maximum absolute atomic E-state index is 11.3. The Bertz CT molecular complexity index is 231. The number of esters is 2. The average molecular weight is 323 g/mol. The van der Waals surface area contributed by atoms with E-state index in [9.17, 15) is 9.59 Å². The maximum Gasteiger partial charge on any atom is 0.306 e. The number of carbonyl (C=O) groups is 2. The molecule has 0 aliphatic carbocycles. The third-order valence-electron chi connectivity index (χ3n) is 2.38. The minimum absolute atomic E-state index is 0.109. The first-order valence-corrected chi connectivity index (χ1v) is 7.70. The number of alkyl halides is 1. The first kappa shape index (κ1) is 17.4. The molecule has 0 heterocycles. The first-order chi connectivity index (χ1) is 8.70. The lowest BCUT2D eigenvalue weighted by Crippen LogP contribution is -2.10. The van der Waals surface area contributed by atoms with Crippen molar-refractivity contribution >= 4 is 27.9 Å². The molecule has 4 nitrogen and oxygen atoms in total. The summed E-state index contributed by atoms with van der Waals surface area (Å²) in [5.41, 5.74) is 0. The number of hydrogen-bond donors (Lipinski definition) is 0. The van der Waals surface area contributed by atoms with E-state index in [4.69, 9.17) is 9.47 Å². The van der Waals surface area contributed by atoms with E-state index in [0.717, 1.165) is 18.2 Å². The van der Waals surface area contributed by atoms with Crippen molar-refractivity contribution in [3.8, 4) is 0 Å². The number of rotatable bonds is 11. The summed E-state index contributed by atoms with van der Waals surface area (Å²) in [6.45, 7) is 2.55. The van der Waals surface area contributed by atoms with Gasteiger partial charge in [0.15, 0.2) is 0 Å². The van der Waals surface area contributed by atoms with Gasteiger partial charge in [-0.15, -0.1) is 0 Å². The molecule has 0 rings (SSSR count). The van der Waals surface area contributed by atoms with Gasteiger partial charge >= 0.3 is 11.9 Å². The van der Waals surface area contributed by atoms with Crippen LogP contribution in [0.15, 0.2) is 0 Å². The lowest BCUT2D eigenvalue weighted by Gasteiger charge is -2.04. The number of halogens is 1. The second-order valence-electron chi connectivity index (χ2n) is 3.98. The van der Waals surface area contributed by atoms with Crippen LogP contribution in [0.5, 0.6) is 0 Å². The summed E-state index contributed by atoms with van der Waals surface area (Å²) >= 11 is 3.38. The highest BCUT2D eigenvalue weighted by Gasteiger charge is 2.08. The largest absolute Gasteiger partial charge is 0.466 e. The minimum atomic E-state index is -0.343. The highest BCUT2D eigenvalue weighted by molar-refractivity contribution is 9.09. The van der Waals surface area contributed by atoms with Gasteiger partial charge in [0.05, 0.1) is 26.1 Å². The van der Waals surface area contributed by atoms with Crippen LogP contribution >= 0.6 is 15.9 Å². The van der Waals surface area contributed by atoms with E-state index < -0.39 is 0 Å². The molecule has 5 heteroatoms. The van der Waals surface area contributed by atoms with Crippen molar-refractivity contribution < 1.29 is 19.1 Å². The molecule has 0 spiro atoms. The molecule has 0 aromatic rings. The molecule has 0 radical (unpaired) electrons. The maximum atomic E-state index is 11.3. The van der Waals surface area contributed by atoms with E-state index in [1.54, 1.807) is 6.92 Å². The molecular formula is C13H23BrO4. The fraction of sp³-hybridized carbons (Fsp3) is 0.846. The van der Waals surface area contributed by atoms with Gasteiger partial charge in [0.2, 0.25) is 0 Å². The summed E-state index contributed by atoms with van der Waals surface area (Å²) < 4.78 is 9.74. The zero-order chi connectivity index (χ0) is 13.6. The van der Waals surface area contributed by atoms with Gasteiger partial charge in [-0.2, -0.15) is 0 Å². The number of unbranched alkanes of at least 4 members (excludes halogenated alkanes) is 4. The van der Waals surface area contributed by atoms with Crippen molar-refractivity contribution in [2.45, 2.75) is 51.9 Å². The van der Waals surface area contributed by atoms with Gasteiger partial charge in [-0.05, 0) is 19.8 Å². The van der Waals surface area contributed by atoms with Crippen molar-refractivity contribution in [2.24, 2.45) is 0 Å². The Hall–Kier alpha value is -0.580. The topological polar surface area (TPSA) is 52.6 Å². The summed E-state index contributed by atoms with van der Waals surface area (Å²) in [4.78, 5) is 22.2. The molecule has 18 heavy (non-hydrogen) atoms. The van der Waals surface area contributed by atoms with Crippen molar-refractivity contribution in [1.29, 1.82) is 0 Å². The fourth-order valence-corrected chi connectivity index (χ4v) is 1.82.